The van der Waals surface area contributed by atoms with Crippen LogP contribution < -0.4 is 10.1 Å². The van der Waals surface area contributed by atoms with Crippen molar-refractivity contribution in [3.05, 3.63) is 17.5 Å². The van der Waals surface area contributed by atoms with Crippen LogP contribution in [0.1, 0.15) is 12.8 Å². The zero-order valence-corrected chi connectivity index (χ0v) is 9.37. The van der Waals surface area contributed by atoms with Crippen LogP contribution in [0.2, 0.25) is 5.15 Å². The van der Waals surface area contributed by atoms with Gasteiger partial charge in [-0.3, -0.25) is 4.98 Å². The van der Waals surface area contributed by atoms with Gasteiger partial charge in [0.25, 0.3) is 0 Å². The molecule has 0 spiro atoms. The van der Waals surface area contributed by atoms with Crippen molar-refractivity contribution in [2.24, 2.45) is 5.92 Å². The van der Waals surface area contributed by atoms with Gasteiger partial charge in [0.1, 0.15) is 6.10 Å². The van der Waals surface area contributed by atoms with Gasteiger partial charge in [-0.2, -0.15) is 4.98 Å². The number of nitrogens with zero attached hydrogens (tertiary/aromatic N) is 2. The average molecular weight is 228 g/mol. The smallest absolute Gasteiger partial charge is 0.234 e. The summed E-state index contributed by atoms with van der Waals surface area (Å²) in [5, 5.41) is 3.53. The largest absolute Gasteiger partial charge is 0.473 e. The van der Waals surface area contributed by atoms with Crippen molar-refractivity contribution in [1.29, 1.82) is 0 Å². The molecule has 2 rings (SSSR count). The van der Waals surface area contributed by atoms with E-state index >= 15 is 0 Å². The van der Waals surface area contributed by atoms with Gasteiger partial charge in [0.2, 0.25) is 5.88 Å². The molecule has 1 aliphatic carbocycles. The molecule has 1 aliphatic rings. The summed E-state index contributed by atoms with van der Waals surface area (Å²) in [5.74, 6) is 1.25. The quantitative estimate of drug-likeness (QED) is 0.847. The van der Waals surface area contributed by atoms with E-state index in [0.717, 1.165) is 25.3 Å². The van der Waals surface area contributed by atoms with Crippen LogP contribution in [0, 0.1) is 5.92 Å². The van der Waals surface area contributed by atoms with Gasteiger partial charge in [-0.15, -0.1) is 0 Å². The molecule has 5 heteroatoms. The standard InChI is InChI=1S/C10H14ClN3O/c1-12-4-7-2-8(3-7)15-10-6-13-5-9(11)14-10/h5-8,12H,2-4H2,1H3. The number of rotatable bonds is 4. The maximum Gasteiger partial charge on any atom is 0.234 e. The third kappa shape index (κ3) is 2.79. The van der Waals surface area contributed by atoms with E-state index in [1.54, 1.807) is 6.20 Å². The van der Waals surface area contributed by atoms with Crippen LogP contribution in [-0.2, 0) is 0 Å². The maximum absolute atomic E-state index is 5.70. The first-order valence-corrected chi connectivity index (χ1v) is 5.44. The van der Waals surface area contributed by atoms with E-state index in [-0.39, 0.29) is 6.10 Å². The Morgan fingerprint density at radius 3 is 3.00 bits per heavy atom. The van der Waals surface area contributed by atoms with Gasteiger partial charge < -0.3 is 10.1 Å². The lowest BCUT2D eigenvalue weighted by molar-refractivity contribution is 0.0613. The van der Waals surface area contributed by atoms with Crippen LogP contribution in [0.5, 0.6) is 5.88 Å². The minimum atomic E-state index is 0.274. The Bertz CT molecular complexity index is 328. The van der Waals surface area contributed by atoms with Crippen LogP contribution in [0.15, 0.2) is 12.4 Å². The second kappa shape index (κ2) is 4.77. The Morgan fingerprint density at radius 1 is 1.53 bits per heavy atom. The summed E-state index contributed by atoms with van der Waals surface area (Å²) in [6, 6.07) is 0. The SMILES string of the molecule is CNCC1CC(Oc2cncc(Cl)n2)C1. The lowest BCUT2D eigenvalue weighted by atomic mass is 9.82. The molecular formula is C10H14ClN3O. The summed E-state index contributed by atoms with van der Waals surface area (Å²) in [6.45, 7) is 1.06. The summed E-state index contributed by atoms with van der Waals surface area (Å²) in [6.07, 6.45) is 5.52. The lowest BCUT2D eigenvalue weighted by Gasteiger charge is -2.34. The normalized spacial score (nSPS) is 24.7. The van der Waals surface area contributed by atoms with E-state index in [1.165, 1.54) is 6.20 Å². The zero-order valence-electron chi connectivity index (χ0n) is 8.61. The molecule has 1 N–H and O–H groups in total. The number of nitrogens with one attached hydrogen (secondary N) is 1. The third-order valence-electron chi connectivity index (χ3n) is 2.56. The van der Waals surface area contributed by atoms with E-state index in [0.29, 0.717) is 11.0 Å². The summed E-state index contributed by atoms with van der Waals surface area (Å²) < 4.78 is 5.62. The fourth-order valence-corrected chi connectivity index (χ4v) is 1.92. The predicted octanol–water partition coefficient (Wildman–Crippen LogP) is 1.51. The number of hydrogen-bond donors (Lipinski definition) is 1. The van der Waals surface area contributed by atoms with E-state index in [4.69, 9.17) is 16.3 Å². The molecule has 0 amide bonds. The van der Waals surface area contributed by atoms with E-state index in [2.05, 4.69) is 15.3 Å². The summed E-state index contributed by atoms with van der Waals surface area (Å²) in [5.41, 5.74) is 0. The van der Waals surface area contributed by atoms with Crippen LogP contribution in [0.4, 0.5) is 0 Å². The molecule has 0 saturated heterocycles. The molecule has 1 aromatic heterocycles. The van der Waals surface area contributed by atoms with Crippen molar-refractivity contribution >= 4 is 11.6 Å². The summed E-state index contributed by atoms with van der Waals surface area (Å²) in [7, 11) is 1.97. The number of halogens is 1. The minimum Gasteiger partial charge on any atom is -0.473 e. The van der Waals surface area contributed by atoms with Gasteiger partial charge in [-0.1, -0.05) is 11.6 Å². The Labute approximate surface area is 94.0 Å². The molecule has 82 valence electrons. The second-order valence-electron chi connectivity index (χ2n) is 3.82. The zero-order chi connectivity index (χ0) is 10.7. The van der Waals surface area contributed by atoms with Gasteiger partial charge in [-0.25, -0.2) is 0 Å². The Hall–Kier alpha value is -0.870. The third-order valence-corrected chi connectivity index (χ3v) is 2.74. The lowest BCUT2D eigenvalue weighted by Crippen LogP contribution is -2.38. The monoisotopic (exact) mass is 227 g/mol. The van der Waals surface area contributed by atoms with Crippen molar-refractivity contribution in [2.75, 3.05) is 13.6 Å². The highest BCUT2D eigenvalue weighted by Gasteiger charge is 2.30. The maximum atomic E-state index is 5.70. The molecule has 0 aromatic carbocycles. The molecule has 0 aliphatic heterocycles. The van der Waals surface area contributed by atoms with Crippen molar-refractivity contribution < 1.29 is 4.74 Å². The molecule has 1 fully saturated rings. The van der Waals surface area contributed by atoms with Gasteiger partial charge in [0.15, 0.2) is 5.15 Å². The van der Waals surface area contributed by atoms with Crippen molar-refractivity contribution in [2.45, 2.75) is 18.9 Å². The van der Waals surface area contributed by atoms with E-state index < -0.39 is 0 Å². The predicted molar refractivity (Wildman–Crippen MR) is 58.1 cm³/mol. The summed E-state index contributed by atoms with van der Waals surface area (Å²) >= 11 is 5.70. The minimum absolute atomic E-state index is 0.274. The summed E-state index contributed by atoms with van der Waals surface area (Å²) in [4.78, 5) is 7.95. The molecule has 0 radical (unpaired) electrons. The molecule has 1 aromatic rings. The fourth-order valence-electron chi connectivity index (χ4n) is 1.78. The van der Waals surface area contributed by atoms with Crippen LogP contribution in [0.25, 0.3) is 0 Å². The van der Waals surface area contributed by atoms with Crippen LogP contribution >= 0.6 is 11.6 Å². The molecule has 0 unspecified atom stereocenters. The van der Waals surface area contributed by atoms with Gasteiger partial charge in [0, 0.05) is 0 Å². The van der Waals surface area contributed by atoms with Crippen LogP contribution in [0.3, 0.4) is 0 Å². The highest BCUT2D eigenvalue weighted by atomic mass is 35.5. The van der Waals surface area contributed by atoms with Crippen molar-refractivity contribution in [3.63, 3.8) is 0 Å². The van der Waals surface area contributed by atoms with Gasteiger partial charge in [-0.05, 0) is 32.4 Å². The van der Waals surface area contributed by atoms with E-state index in [9.17, 15) is 0 Å². The van der Waals surface area contributed by atoms with Crippen LogP contribution in [-0.4, -0.2) is 29.7 Å². The van der Waals surface area contributed by atoms with Gasteiger partial charge >= 0.3 is 0 Å². The molecular weight excluding hydrogens is 214 g/mol. The fraction of sp³-hybridized carbons (Fsp3) is 0.600. The molecule has 0 bridgehead atoms. The Balaban J connectivity index is 1.80. The topological polar surface area (TPSA) is 47.0 Å². The molecule has 1 saturated carbocycles. The molecule has 4 nitrogen and oxygen atoms in total. The highest BCUT2D eigenvalue weighted by Crippen LogP contribution is 2.30. The molecule has 1 heterocycles. The average Bonchev–Trinajstić information content (AvgIpc) is 2.15. The number of aromatic nitrogens is 2. The Kier molecular flexibility index (Phi) is 3.38. The first kappa shape index (κ1) is 10.6. The van der Waals surface area contributed by atoms with Crippen molar-refractivity contribution in [3.8, 4) is 5.88 Å². The Morgan fingerprint density at radius 2 is 2.33 bits per heavy atom. The highest BCUT2D eigenvalue weighted by molar-refractivity contribution is 6.29. The van der Waals surface area contributed by atoms with E-state index in [1.807, 2.05) is 7.05 Å². The molecule has 0 atom stereocenters. The first-order chi connectivity index (χ1) is 7.28. The number of ether oxygens (including phenoxy) is 1. The van der Waals surface area contributed by atoms with Gasteiger partial charge in [0.05, 0.1) is 12.4 Å². The molecule has 15 heavy (non-hydrogen) atoms. The second-order valence-corrected chi connectivity index (χ2v) is 4.20. The number of hydrogen-bond acceptors (Lipinski definition) is 4. The van der Waals surface area contributed by atoms with Crippen molar-refractivity contribution in [1.82, 2.24) is 15.3 Å². The first-order valence-electron chi connectivity index (χ1n) is 5.06.